The lowest BCUT2D eigenvalue weighted by molar-refractivity contribution is -0.192. The van der Waals surface area contributed by atoms with Gasteiger partial charge in [0.05, 0.1) is 19.1 Å². The molecule has 0 aliphatic carbocycles. The van der Waals surface area contributed by atoms with Crippen LogP contribution in [0, 0.1) is 5.92 Å². The van der Waals surface area contributed by atoms with Crippen LogP contribution in [0.5, 0.6) is 5.75 Å². The Bertz CT molecular complexity index is 3410. The maximum atomic E-state index is 14.2. The summed E-state index contributed by atoms with van der Waals surface area (Å²) in [4.78, 5) is 176. The quantitative estimate of drug-likeness (QED) is 0.0121. The molecule has 0 aliphatic heterocycles. The SMILES string of the molecule is CC(C)[C@H](NC(=O)[C@H](Cc1ccccc1)NC(=O)[C@H](C)NC(=O)[C@H](C)NC(=O)[C@H](CCC(N)=O)NC(=O)[C@H](CCCN=C(N)N)NC(=O)[C@@H](N)Cc1c[nH]c2ccccc12)C(=O)N[C@@H](CC(=O)O)C(=O)N[C@@H](CO)C(=O)N[C@@H](Cc1ccc(O)cc1)C(=O)O.O=C(O)C(F)(F)F. The third kappa shape index (κ3) is 27.3. The first-order valence-electron chi connectivity index (χ1n) is 29.6. The molecule has 0 aliphatic rings. The minimum absolute atomic E-state index is 0.0437. The topological polar surface area (TPSA) is 564 Å². The van der Waals surface area contributed by atoms with Crippen LogP contribution in [0.15, 0.2) is 90.1 Å². The van der Waals surface area contributed by atoms with E-state index in [1.165, 1.54) is 52.0 Å². The van der Waals surface area contributed by atoms with Crippen LogP contribution >= 0.6 is 0 Å². The van der Waals surface area contributed by atoms with Crippen molar-refractivity contribution >= 4 is 93.8 Å². The van der Waals surface area contributed by atoms with Crippen LogP contribution in [0.3, 0.4) is 0 Å². The fourth-order valence-corrected chi connectivity index (χ4v) is 8.89. The van der Waals surface area contributed by atoms with E-state index in [2.05, 4.69) is 57.8 Å². The van der Waals surface area contributed by atoms with Gasteiger partial charge in [-0.25, -0.2) is 9.59 Å². The second kappa shape index (κ2) is 38.3. The number of benzene rings is 3. The number of guanidine groups is 1. The van der Waals surface area contributed by atoms with Crippen LogP contribution in [0.25, 0.3) is 10.9 Å². The number of halogens is 3. The number of alkyl halides is 3. The molecule has 1 aromatic heterocycles. The highest BCUT2D eigenvalue weighted by Gasteiger charge is 2.39. The molecular weight excluding hydrogens is 1280 g/mol. The number of amides is 10. The number of carboxylic acid groups (broad SMARTS) is 3. The van der Waals surface area contributed by atoms with Crippen LogP contribution in [-0.2, 0) is 81.6 Å². The van der Waals surface area contributed by atoms with Crippen LogP contribution in [-0.4, -0.2) is 193 Å². The van der Waals surface area contributed by atoms with Gasteiger partial charge in [0.1, 0.15) is 60.1 Å². The average molecular weight is 1360 g/mol. The number of aromatic amines is 1. The van der Waals surface area contributed by atoms with E-state index < -0.39 is 169 Å². The van der Waals surface area contributed by atoms with Gasteiger partial charge in [0.25, 0.3) is 0 Å². The molecule has 10 atom stereocenters. The van der Waals surface area contributed by atoms with Crippen molar-refractivity contribution in [1.82, 2.24) is 52.8 Å². The summed E-state index contributed by atoms with van der Waals surface area (Å²) in [5, 5.41) is 68.7. The van der Waals surface area contributed by atoms with E-state index in [0.717, 1.165) is 16.5 Å². The number of hydrogen-bond donors (Lipinski definition) is 19. The minimum atomic E-state index is -5.08. The molecule has 0 saturated heterocycles. The van der Waals surface area contributed by atoms with Gasteiger partial charge in [0.2, 0.25) is 59.1 Å². The zero-order valence-electron chi connectivity index (χ0n) is 52.4. The predicted molar refractivity (Wildman–Crippen MR) is 335 cm³/mol. The van der Waals surface area contributed by atoms with E-state index in [4.69, 9.17) is 32.8 Å². The summed E-state index contributed by atoms with van der Waals surface area (Å²) in [6.45, 7) is 4.47. The molecule has 0 bridgehead atoms. The monoisotopic (exact) mass is 1360 g/mol. The van der Waals surface area contributed by atoms with Gasteiger partial charge in [-0.15, -0.1) is 0 Å². The van der Waals surface area contributed by atoms with Gasteiger partial charge in [-0.3, -0.25) is 57.7 Å². The molecule has 0 spiro atoms. The molecule has 524 valence electrons. The molecule has 1 heterocycles. The fraction of sp³-hybridized carbons (Fsp3) is 0.433. The van der Waals surface area contributed by atoms with Crippen LogP contribution in [0.2, 0.25) is 0 Å². The number of primary amides is 1. The molecule has 36 heteroatoms. The van der Waals surface area contributed by atoms with E-state index in [9.17, 15) is 91.1 Å². The number of carboxylic acids is 3. The lowest BCUT2D eigenvalue weighted by Gasteiger charge is -2.28. The Morgan fingerprint density at radius 3 is 1.57 bits per heavy atom. The predicted octanol–water partition coefficient (Wildman–Crippen LogP) is -3.21. The Kier molecular flexibility index (Phi) is 31.7. The highest BCUT2D eigenvalue weighted by atomic mass is 19.4. The third-order valence-electron chi connectivity index (χ3n) is 14.1. The molecule has 23 N–H and O–H groups in total. The average Bonchev–Trinajstić information content (AvgIpc) is 1.42. The Morgan fingerprint density at radius 1 is 0.542 bits per heavy atom. The summed E-state index contributed by atoms with van der Waals surface area (Å²) in [7, 11) is 0. The number of H-pyrrole nitrogens is 1. The number of aliphatic carboxylic acids is 3. The van der Waals surface area contributed by atoms with Gasteiger partial charge in [-0.1, -0.05) is 74.5 Å². The summed E-state index contributed by atoms with van der Waals surface area (Å²) in [6.07, 6.45) is -5.46. The highest BCUT2D eigenvalue weighted by Crippen LogP contribution is 2.20. The van der Waals surface area contributed by atoms with Crippen LogP contribution < -0.4 is 70.8 Å². The van der Waals surface area contributed by atoms with Crippen molar-refractivity contribution in [3.05, 3.63) is 102 Å². The molecule has 4 aromatic rings. The van der Waals surface area contributed by atoms with Crippen molar-refractivity contribution in [1.29, 1.82) is 0 Å². The number of phenolic OH excluding ortho intramolecular Hbond substituents is 1. The molecule has 3 aromatic carbocycles. The van der Waals surface area contributed by atoms with Gasteiger partial charge in [0, 0.05) is 42.9 Å². The number of nitrogens with zero attached hydrogens (tertiary/aromatic N) is 1. The molecule has 0 unspecified atom stereocenters. The Morgan fingerprint density at radius 2 is 1.01 bits per heavy atom. The summed E-state index contributed by atoms with van der Waals surface area (Å²) in [6, 6.07) is 5.81. The van der Waals surface area contributed by atoms with Crippen LogP contribution in [0.4, 0.5) is 13.2 Å². The van der Waals surface area contributed by atoms with Crippen molar-refractivity contribution in [2.75, 3.05) is 13.2 Å². The van der Waals surface area contributed by atoms with E-state index in [1.807, 2.05) is 24.3 Å². The molecule has 4 rings (SSSR count). The molecule has 0 radical (unpaired) electrons. The van der Waals surface area contributed by atoms with Crippen molar-refractivity contribution in [3.8, 4) is 5.75 Å². The molecular formula is C60H80F3N15O18. The Balaban J connectivity index is 0.00000324. The number of para-hydroxylation sites is 1. The smallest absolute Gasteiger partial charge is 0.490 e. The summed E-state index contributed by atoms with van der Waals surface area (Å²) in [5.74, 6) is -16.7. The number of fused-ring (bicyclic) bond motifs is 1. The number of aromatic hydroxyl groups is 1. The second-order valence-electron chi connectivity index (χ2n) is 22.2. The number of nitrogens with two attached hydrogens (primary N) is 4. The Hall–Kier alpha value is -10.9. The highest BCUT2D eigenvalue weighted by molar-refractivity contribution is 5.99. The number of aliphatic hydroxyl groups excluding tert-OH is 1. The molecule has 10 amide bonds. The standard InChI is InChI=1S/C58H79N15O16.C2HF3O2/c1-29(2)47(56(87)70-42(26-46(77)78)53(84)72-44(28-74)55(86)71-43(57(88)89)24-33-16-18-35(75)19-17-33)73-54(85)41(23-32-11-6-5-7-12-32)69-49(80)31(4)65-48(79)30(3)66-51(82)40(20-21-45(60)76)68-52(83)39(15-10-22-63-58(61)62)67-50(81)37(59)25-34-27-64-38-14-9-8-13-36(34)38;3-2(4,5)1(6)7/h5-9,11-14,16-19,27,29-31,37,39-44,47,64,74-75H,10,15,20-26,28,59H2,1-4H3,(H2,60,76)(H,65,79)(H,66,82)(H,67,81)(H,68,83)(H,69,80)(H,70,87)(H,71,86)(H,72,84)(H,73,85)(H,77,78)(H,88,89)(H4,61,62,63);(H,6,7)/t30-,31-,37-,39-,40-,41-,42-,43-,44-,47-;/m0./s1. The molecule has 33 nitrogen and oxygen atoms in total. The lowest BCUT2D eigenvalue weighted by Crippen LogP contribution is -2.61. The zero-order valence-corrected chi connectivity index (χ0v) is 52.4. The maximum Gasteiger partial charge on any atom is 0.490 e. The second-order valence-corrected chi connectivity index (χ2v) is 22.2. The van der Waals surface area contributed by atoms with Gasteiger partial charge in [-0.05, 0) is 80.3 Å². The number of carbonyl (C=O) groups is 13. The van der Waals surface area contributed by atoms with Crippen molar-refractivity contribution < 1.29 is 101 Å². The molecule has 0 fully saturated rings. The largest absolute Gasteiger partial charge is 0.508 e. The number of carbonyl (C=O) groups excluding carboxylic acids is 10. The van der Waals surface area contributed by atoms with Gasteiger partial charge in [0.15, 0.2) is 5.96 Å². The number of hydrogen-bond acceptors (Lipinski definition) is 17. The van der Waals surface area contributed by atoms with Crippen molar-refractivity contribution in [2.24, 2.45) is 33.8 Å². The maximum absolute atomic E-state index is 14.2. The first-order chi connectivity index (χ1) is 45.0. The van der Waals surface area contributed by atoms with Gasteiger partial charge >= 0.3 is 24.1 Å². The lowest BCUT2D eigenvalue weighted by atomic mass is 10.00. The number of rotatable bonds is 36. The number of nitrogens with one attached hydrogen (secondary N) is 10. The number of aromatic nitrogens is 1. The number of aliphatic imine (C=N–C) groups is 1. The van der Waals surface area contributed by atoms with Gasteiger partial charge in [-0.2, -0.15) is 13.2 Å². The fourth-order valence-electron chi connectivity index (χ4n) is 8.89. The van der Waals surface area contributed by atoms with E-state index >= 15 is 0 Å². The molecule has 96 heavy (non-hydrogen) atoms. The van der Waals surface area contributed by atoms with Gasteiger partial charge < -0.3 is 101 Å². The van der Waals surface area contributed by atoms with Crippen LogP contribution in [0.1, 0.15) is 76.5 Å². The number of phenols is 1. The normalized spacial score (nSPS) is 14.2. The summed E-state index contributed by atoms with van der Waals surface area (Å²) in [5.41, 5.74) is 25.1. The third-order valence-corrected chi connectivity index (χ3v) is 14.1. The number of aliphatic hydroxyl groups is 1. The van der Waals surface area contributed by atoms with E-state index in [1.54, 1.807) is 36.5 Å². The summed E-state index contributed by atoms with van der Waals surface area (Å²) < 4.78 is 31.7. The Labute approximate surface area is 546 Å². The minimum Gasteiger partial charge on any atom is -0.508 e. The van der Waals surface area contributed by atoms with Crippen molar-refractivity contribution in [3.63, 3.8) is 0 Å². The van der Waals surface area contributed by atoms with E-state index in [0.29, 0.717) is 11.1 Å². The van der Waals surface area contributed by atoms with Crippen molar-refractivity contribution in [2.45, 2.75) is 146 Å². The first-order valence-corrected chi connectivity index (χ1v) is 29.6. The zero-order chi connectivity index (χ0) is 72.1. The first kappa shape index (κ1) is 79.3. The van der Waals surface area contributed by atoms with E-state index in [-0.39, 0.29) is 56.8 Å². The molecule has 0 saturated carbocycles. The summed E-state index contributed by atoms with van der Waals surface area (Å²) >= 11 is 0.